The van der Waals surface area contributed by atoms with Crippen LogP contribution in [0.2, 0.25) is 0 Å². The summed E-state index contributed by atoms with van der Waals surface area (Å²) in [5.74, 6) is 0. The lowest BCUT2D eigenvalue weighted by molar-refractivity contribution is 0.646. The molecule has 0 aliphatic carbocycles. The Labute approximate surface area is 93.8 Å². The summed E-state index contributed by atoms with van der Waals surface area (Å²) in [7, 11) is 0. The Balaban J connectivity index is 2.21. The third kappa shape index (κ3) is 2.05. The lowest BCUT2D eigenvalue weighted by Gasteiger charge is -2.03. The van der Waals surface area contributed by atoms with E-state index >= 15 is 0 Å². The summed E-state index contributed by atoms with van der Waals surface area (Å²) in [6.45, 7) is 2.78. The summed E-state index contributed by atoms with van der Waals surface area (Å²) >= 11 is 0. The predicted octanol–water partition coefficient (Wildman–Crippen LogP) is 1.85. The number of hydrogen-bond acceptors (Lipinski definition) is 2. The van der Waals surface area contributed by atoms with Crippen LogP contribution in [0, 0.1) is 0 Å². The second kappa shape index (κ2) is 4.79. The third-order valence-electron chi connectivity index (χ3n) is 2.46. The minimum Gasteiger partial charge on any atom is -0.296 e. The summed E-state index contributed by atoms with van der Waals surface area (Å²) in [5, 5.41) is 4.16. The van der Waals surface area contributed by atoms with Crippen LogP contribution in [0.4, 0.5) is 0 Å². The number of fused-ring (bicyclic) bond motifs is 1. The molecule has 2 aromatic heterocycles. The van der Waals surface area contributed by atoms with E-state index in [2.05, 4.69) is 24.2 Å². The molecule has 0 aliphatic rings. The van der Waals surface area contributed by atoms with Crippen molar-refractivity contribution in [2.75, 3.05) is 0 Å². The van der Waals surface area contributed by atoms with Crippen LogP contribution in [-0.4, -0.2) is 14.2 Å². The first-order valence-corrected chi connectivity index (χ1v) is 5.50. The van der Waals surface area contributed by atoms with Crippen molar-refractivity contribution in [3.63, 3.8) is 0 Å². The van der Waals surface area contributed by atoms with Crippen LogP contribution in [0.3, 0.4) is 0 Å². The maximum Gasteiger partial charge on any atom is 0.277 e. The Morgan fingerprint density at radius 3 is 3.12 bits per heavy atom. The van der Waals surface area contributed by atoms with Crippen molar-refractivity contribution in [1.29, 1.82) is 0 Å². The van der Waals surface area contributed by atoms with Crippen LogP contribution in [0.1, 0.15) is 19.8 Å². The first-order chi connectivity index (χ1) is 7.83. The van der Waals surface area contributed by atoms with E-state index in [9.17, 15) is 4.79 Å². The first kappa shape index (κ1) is 10.7. The van der Waals surface area contributed by atoms with Crippen molar-refractivity contribution < 1.29 is 0 Å². The fraction of sp³-hybridized carbons (Fsp3) is 0.333. The smallest absolute Gasteiger partial charge is 0.277 e. The maximum absolute atomic E-state index is 11.9. The number of allylic oxidation sites excluding steroid dienone is 2. The Morgan fingerprint density at radius 2 is 2.31 bits per heavy atom. The van der Waals surface area contributed by atoms with Crippen molar-refractivity contribution >= 4 is 5.52 Å². The van der Waals surface area contributed by atoms with E-state index in [4.69, 9.17) is 0 Å². The third-order valence-corrected chi connectivity index (χ3v) is 2.46. The van der Waals surface area contributed by atoms with E-state index < -0.39 is 0 Å². The molecule has 0 fully saturated rings. The molecule has 2 aromatic rings. The zero-order valence-corrected chi connectivity index (χ0v) is 9.34. The van der Waals surface area contributed by atoms with Crippen LogP contribution >= 0.6 is 0 Å². The van der Waals surface area contributed by atoms with Crippen molar-refractivity contribution in [2.45, 2.75) is 26.3 Å². The first-order valence-electron chi connectivity index (χ1n) is 5.50. The lowest BCUT2D eigenvalue weighted by atomic mass is 10.3. The summed E-state index contributed by atoms with van der Waals surface area (Å²) in [6.07, 6.45) is 9.47. The molecule has 0 bridgehead atoms. The van der Waals surface area contributed by atoms with E-state index in [1.165, 1.54) is 0 Å². The molecule has 0 aromatic carbocycles. The zero-order chi connectivity index (χ0) is 11.4. The minimum absolute atomic E-state index is 0.0184. The van der Waals surface area contributed by atoms with Gasteiger partial charge in [0.2, 0.25) is 0 Å². The van der Waals surface area contributed by atoms with Crippen LogP contribution < -0.4 is 5.56 Å². The number of nitrogens with zero attached hydrogens (tertiary/aromatic N) is 3. The van der Waals surface area contributed by atoms with E-state index in [1.54, 1.807) is 27.7 Å². The van der Waals surface area contributed by atoms with Gasteiger partial charge in [-0.1, -0.05) is 19.1 Å². The van der Waals surface area contributed by atoms with Crippen molar-refractivity contribution in [3.8, 4) is 0 Å². The molecule has 2 rings (SSSR count). The SMILES string of the molecule is CC/C=C/CCn1cnn2cccc2c1=O. The van der Waals surface area contributed by atoms with Gasteiger partial charge in [-0.2, -0.15) is 5.10 Å². The molecule has 0 atom stereocenters. The van der Waals surface area contributed by atoms with Crippen molar-refractivity contribution in [2.24, 2.45) is 0 Å². The topological polar surface area (TPSA) is 39.3 Å². The zero-order valence-electron chi connectivity index (χ0n) is 9.34. The molecule has 0 N–H and O–H groups in total. The highest BCUT2D eigenvalue weighted by molar-refractivity contribution is 5.43. The van der Waals surface area contributed by atoms with E-state index in [0.717, 1.165) is 12.8 Å². The standard InChI is InChI=1S/C12H15N3O/c1-2-3-4-5-8-14-10-13-15-9-6-7-11(15)12(14)16/h3-4,6-7,9-10H,2,5,8H2,1H3/b4-3+. The van der Waals surface area contributed by atoms with Gasteiger partial charge < -0.3 is 0 Å². The molecule has 2 heterocycles. The minimum atomic E-state index is 0.0184. The molecule has 4 heteroatoms. The van der Waals surface area contributed by atoms with Gasteiger partial charge in [0.25, 0.3) is 5.56 Å². The van der Waals surface area contributed by atoms with Gasteiger partial charge in [-0.3, -0.25) is 9.36 Å². The summed E-state index contributed by atoms with van der Waals surface area (Å²) < 4.78 is 3.25. The molecule has 84 valence electrons. The average molecular weight is 217 g/mol. The highest BCUT2D eigenvalue weighted by Gasteiger charge is 2.01. The Morgan fingerprint density at radius 1 is 1.44 bits per heavy atom. The number of aromatic nitrogens is 3. The molecule has 0 radical (unpaired) electrons. The van der Waals surface area contributed by atoms with Gasteiger partial charge in [0, 0.05) is 12.7 Å². The molecule has 0 saturated carbocycles. The Bertz CT molecular complexity index is 551. The van der Waals surface area contributed by atoms with Gasteiger partial charge in [0.05, 0.1) is 0 Å². The monoisotopic (exact) mass is 217 g/mol. The quantitative estimate of drug-likeness (QED) is 0.733. The summed E-state index contributed by atoms with van der Waals surface area (Å²) in [4.78, 5) is 11.9. The number of rotatable bonds is 4. The predicted molar refractivity (Wildman–Crippen MR) is 63.5 cm³/mol. The molecule has 0 amide bonds. The maximum atomic E-state index is 11.9. The van der Waals surface area contributed by atoms with Crippen LogP contribution in [0.25, 0.3) is 5.52 Å². The highest BCUT2D eigenvalue weighted by Crippen LogP contribution is 1.96. The van der Waals surface area contributed by atoms with Gasteiger partial charge in [0.1, 0.15) is 11.8 Å². The second-order valence-corrected chi connectivity index (χ2v) is 3.64. The van der Waals surface area contributed by atoms with Crippen LogP contribution in [-0.2, 0) is 6.54 Å². The Hall–Kier alpha value is -1.84. The molecule has 0 unspecified atom stereocenters. The molecule has 4 nitrogen and oxygen atoms in total. The van der Waals surface area contributed by atoms with Gasteiger partial charge in [0.15, 0.2) is 0 Å². The molecular weight excluding hydrogens is 202 g/mol. The molecule has 0 aliphatic heterocycles. The number of hydrogen-bond donors (Lipinski definition) is 0. The number of aryl methyl sites for hydroxylation is 1. The van der Waals surface area contributed by atoms with E-state index in [1.807, 2.05) is 6.07 Å². The van der Waals surface area contributed by atoms with E-state index in [0.29, 0.717) is 12.1 Å². The van der Waals surface area contributed by atoms with Gasteiger partial charge in [-0.15, -0.1) is 0 Å². The van der Waals surface area contributed by atoms with Crippen molar-refractivity contribution in [1.82, 2.24) is 14.2 Å². The lowest BCUT2D eigenvalue weighted by Crippen LogP contribution is -2.22. The van der Waals surface area contributed by atoms with E-state index in [-0.39, 0.29) is 5.56 Å². The Kier molecular flexibility index (Phi) is 3.19. The van der Waals surface area contributed by atoms with Gasteiger partial charge in [-0.25, -0.2) is 4.52 Å². The average Bonchev–Trinajstić information content (AvgIpc) is 2.76. The fourth-order valence-corrected chi connectivity index (χ4v) is 1.62. The summed E-state index contributed by atoms with van der Waals surface area (Å²) in [6, 6.07) is 3.61. The fourth-order valence-electron chi connectivity index (χ4n) is 1.62. The summed E-state index contributed by atoms with van der Waals surface area (Å²) in [5.41, 5.74) is 0.645. The van der Waals surface area contributed by atoms with Crippen LogP contribution in [0.15, 0.2) is 41.6 Å². The largest absolute Gasteiger partial charge is 0.296 e. The normalized spacial score (nSPS) is 11.6. The molecule has 16 heavy (non-hydrogen) atoms. The molecule has 0 saturated heterocycles. The van der Waals surface area contributed by atoms with Gasteiger partial charge >= 0.3 is 0 Å². The van der Waals surface area contributed by atoms with Crippen LogP contribution in [0.5, 0.6) is 0 Å². The second-order valence-electron chi connectivity index (χ2n) is 3.64. The highest BCUT2D eigenvalue weighted by atomic mass is 16.1. The van der Waals surface area contributed by atoms with Crippen molar-refractivity contribution in [3.05, 3.63) is 47.2 Å². The molecular formula is C12H15N3O. The molecule has 0 spiro atoms. The van der Waals surface area contributed by atoms with Gasteiger partial charge in [-0.05, 0) is 25.0 Å².